The maximum absolute atomic E-state index is 13.0. The predicted octanol–water partition coefficient (Wildman–Crippen LogP) is 3.10. The lowest BCUT2D eigenvalue weighted by molar-refractivity contribution is -0.138. The van der Waals surface area contributed by atoms with Crippen LogP contribution in [0.2, 0.25) is 0 Å². The number of hydrogen-bond donors (Lipinski definition) is 1. The average molecular weight is 341 g/mol. The second-order valence-electron chi connectivity index (χ2n) is 6.07. The Morgan fingerprint density at radius 3 is 2.77 bits per heavy atom. The maximum atomic E-state index is 13.0. The molecule has 1 saturated heterocycles. The molecule has 5 heteroatoms. The first-order valence-electron chi connectivity index (χ1n) is 7.94. The number of rotatable bonds is 3. The lowest BCUT2D eigenvalue weighted by Gasteiger charge is -2.38. The van der Waals surface area contributed by atoms with E-state index in [-0.39, 0.29) is 24.4 Å². The molecule has 3 atom stereocenters. The number of benzene rings is 1. The monoisotopic (exact) mass is 340 g/mol. The Morgan fingerprint density at radius 1 is 1.27 bits per heavy atom. The fraction of sp³-hybridized carbons (Fsp3) is 0.588. The summed E-state index contributed by atoms with van der Waals surface area (Å²) in [6, 6.07) is 10.7. The summed E-state index contributed by atoms with van der Waals surface area (Å²) in [7, 11) is 0. The van der Waals surface area contributed by atoms with Gasteiger partial charge in [-0.3, -0.25) is 4.79 Å². The van der Waals surface area contributed by atoms with Crippen molar-refractivity contribution in [3.05, 3.63) is 35.9 Å². The van der Waals surface area contributed by atoms with E-state index in [2.05, 4.69) is 29.2 Å². The van der Waals surface area contributed by atoms with E-state index < -0.39 is 0 Å². The molecule has 1 saturated carbocycles. The Morgan fingerprint density at radius 2 is 2.05 bits per heavy atom. The van der Waals surface area contributed by atoms with Gasteiger partial charge < -0.3 is 10.6 Å². The summed E-state index contributed by atoms with van der Waals surface area (Å²) < 4.78 is 0. The molecule has 2 fully saturated rings. The van der Waals surface area contributed by atoms with Gasteiger partial charge in [-0.05, 0) is 30.9 Å². The number of carbonyl (C=O) groups is 1. The molecule has 3 rings (SSSR count). The third kappa shape index (κ3) is 3.61. The maximum Gasteiger partial charge on any atom is 0.226 e. The minimum atomic E-state index is 0. The zero-order chi connectivity index (χ0) is 14.7. The second-order valence-corrected chi connectivity index (χ2v) is 7.22. The Labute approximate surface area is 143 Å². The van der Waals surface area contributed by atoms with E-state index in [1.54, 1.807) is 0 Å². The van der Waals surface area contributed by atoms with Gasteiger partial charge in [0.1, 0.15) is 0 Å². The zero-order valence-corrected chi connectivity index (χ0v) is 14.5. The van der Waals surface area contributed by atoms with Gasteiger partial charge in [0.25, 0.3) is 0 Å². The van der Waals surface area contributed by atoms with Crippen LogP contribution in [0.1, 0.15) is 30.9 Å². The lowest BCUT2D eigenvalue weighted by atomic mass is 9.93. The average Bonchev–Trinajstić information content (AvgIpc) is 3.03. The molecule has 0 aromatic heterocycles. The highest BCUT2D eigenvalue weighted by Crippen LogP contribution is 2.37. The van der Waals surface area contributed by atoms with Gasteiger partial charge in [0.15, 0.2) is 0 Å². The van der Waals surface area contributed by atoms with Gasteiger partial charge in [0, 0.05) is 24.0 Å². The van der Waals surface area contributed by atoms with Crippen molar-refractivity contribution in [3.8, 4) is 0 Å². The minimum absolute atomic E-state index is 0. The predicted molar refractivity (Wildman–Crippen MR) is 95.4 cm³/mol. The summed E-state index contributed by atoms with van der Waals surface area (Å²) >= 11 is 1.95. The molecular weight excluding hydrogens is 316 g/mol. The van der Waals surface area contributed by atoms with Gasteiger partial charge in [0.2, 0.25) is 5.91 Å². The molecule has 1 unspecified atom stereocenters. The van der Waals surface area contributed by atoms with Crippen molar-refractivity contribution in [1.29, 1.82) is 0 Å². The molecule has 1 aliphatic heterocycles. The molecular formula is C17H25ClN2OS. The zero-order valence-electron chi connectivity index (χ0n) is 12.8. The summed E-state index contributed by atoms with van der Waals surface area (Å²) in [5, 5.41) is 0. The van der Waals surface area contributed by atoms with Crippen LogP contribution in [0.15, 0.2) is 30.3 Å². The fourth-order valence-electron chi connectivity index (χ4n) is 3.68. The second kappa shape index (κ2) is 8.23. The smallest absolute Gasteiger partial charge is 0.226 e. The minimum Gasteiger partial charge on any atom is -0.334 e. The summed E-state index contributed by atoms with van der Waals surface area (Å²) in [5.41, 5.74) is 7.13. The van der Waals surface area contributed by atoms with E-state index in [9.17, 15) is 4.79 Å². The third-order valence-electron chi connectivity index (χ3n) is 4.87. The fourth-order valence-corrected chi connectivity index (χ4v) is 4.76. The van der Waals surface area contributed by atoms with Crippen molar-refractivity contribution in [2.45, 2.75) is 25.3 Å². The number of amides is 1. The Kier molecular flexibility index (Phi) is 6.60. The van der Waals surface area contributed by atoms with Gasteiger partial charge in [-0.1, -0.05) is 36.8 Å². The molecule has 1 aromatic rings. The largest absolute Gasteiger partial charge is 0.334 e. The molecule has 1 aliphatic carbocycles. The van der Waals surface area contributed by atoms with Crippen molar-refractivity contribution in [2.24, 2.45) is 17.6 Å². The van der Waals surface area contributed by atoms with Crippen LogP contribution in [0, 0.1) is 11.8 Å². The summed E-state index contributed by atoms with van der Waals surface area (Å²) in [6.45, 7) is 1.52. The molecule has 2 N–H and O–H groups in total. The first-order chi connectivity index (χ1) is 10.3. The van der Waals surface area contributed by atoms with Crippen molar-refractivity contribution in [2.75, 3.05) is 24.6 Å². The Bertz CT molecular complexity index is 485. The molecule has 0 radical (unpaired) electrons. The van der Waals surface area contributed by atoms with Crippen LogP contribution in [-0.2, 0) is 4.79 Å². The highest BCUT2D eigenvalue weighted by Gasteiger charge is 2.38. The van der Waals surface area contributed by atoms with Crippen LogP contribution in [0.25, 0.3) is 0 Å². The Balaban J connectivity index is 0.00000176. The molecule has 3 nitrogen and oxygen atoms in total. The summed E-state index contributed by atoms with van der Waals surface area (Å²) in [4.78, 5) is 15.1. The van der Waals surface area contributed by atoms with Crippen LogP contribution in [0.4, 0.5) is 0 Å². The van der Waals surface area contributed by atoms with Crippen LogP contribution in [-0.4, -0.2) is 35.4 Å². The molecule has 1 amide bonds. The number of nitrogens with zero attached hydrogens (tertiary/aromatic N) is 1. The van der Waals surface area contributed by atoms with Gasteiger partial charge >= 0.3 is 0 Å². The molecule has 1 heterocycles. The molecule has 1 aromatic carbocycles. The van der Waals surface area contributed by atoms with E-state index in [1.165, 1.54) is 5.56 Å². The summed E-state index contributed by atoms with van der Waals surface area (Å²) in [5.74, 6) is 2.95. The first-order valence-corrected chi connectivity index (χ1v) is 9.10. The van der Waals surface area contributed by atoms with Crippen LogP contribution >= 0.6 is 24.2 Å². The molecule has 2 aliphatic rings. The van der Waals surface area contributed by atoms with Crippen molar-refractivity contribution in [3.63, 3.8) is 0 Å². The number of halogens is 1. The quantitative estimate of drug-likeness (QED) is 0.919. The molecule has 0 spiro atoms. The molecule has 22 heavy (non-hydrogen) atoms. The number of carbonyl (C=O) groups excluding carboxylic acids is 1. The normalized spacial score (nSPS) is 28.2. The number of nitrogens with two attached hydrogens (primary N) is 1. The van der Waals surface area contributed by atoms with Crippen LogP contribution in [0.5, 0.6) is 0 Å². The topological polar surface area (TPSA) is 46.3 Å². The highest BCUT2D eigenvalue weighted by molar-refractivity contribution is 7.99. The van der Waals surface area contributed by atoms with E-state index in [0.29, 0.717) is 18.4 Å². The standard InChI is InChI=1S/C17H24N2OS.ClH/c18-11-14-7-4-8-15(14)17(20)19-9-10-21-12-16(19)13-5-2-1-3-6-13;/h1-3,5-6,14-16H,4,7-12,18H2;1H/t14-,15-,16?;/m1./s1. The van der Waals surface area contributed by atoms with Gasteiger partial charge in [-0.2, -0.15) is 11.8 Å². The van der Waals surface area contributed by atoms with Crippen molar-refractivity contribution < 1.29 is 4.79 Å². The van der Waals surface area contributed by atoms with Crippen molar-refractivity contribution in [1.82, 2.24) is 4.90 Å². The van der Waals surface area contributed by atoms with E-state index in [0.717, 1.165) is 37.3 Å². The number of hydrogen-bond acceptors (Lipinski definition) is 3. The van der Waals surface area contributed by atoms with Crippen LogP contribution < -0.4 is 5.73 Å². The Hall–Kier alpha value is -0.710. The van der Waals surface area contributed by atoms with Gasteiger partial charge in [-0.15, -0.1) is 12.4 Å². The van der Waals surface area contributed by atoms with E-state index in [1.807, 2.05) is 17.8 Å². The summed E-state index contributed by atoms with van der Waals surface area (Å²) in [6.07, 6.45) is 3.29. The lowest BCUT2D eigenvalue weighted by Crippen LogP contribution is -2.45. The van der Waals surface area contributed by atoms with Crippen molar-refractivity contribution >= 4 is 30.1 Å². The van der Waals surface area contributed by atoms with E-state index in [4.69, 9.17) is 5.73 Å². The highest BCUT2D eigenvalue weighted by atomic mass is 35.5. The number of thioether (sulfide) groups is 1. The van der Waals surface area contributed by atoms with Gasteiger partial charge in [-0.25, -0.2) is 0 Å². The molecule has 0 bridgehead atoms. The van der Waals surface area contributed by atoms with Gasteiger partial charge in [0.05, 0.1) is 6.04 Å². The SMILES string of the molecule is Cl.NC[C@H]1CCC[C@H]1C(=O)N1CCSCC1c1ccccc1. The first kappa shape index (κ1) is 17.6. The van der Waals surface area contributed by atoms with E-state index >= 15 is 0 Å². The van der Waals surface area contributed by atoms with Crippen LogP contribution in [0.3, 0.4) is 0 Å². The molecule has 122 valence electrons. The third-order valence-corrected chi connectivity index (χ3v) is 5.90.